The number of para-hydroxylation sites is 1. The molecule has 5 nitrogen and oxygen atoms in total. The molecule has 25 heavy (non-hydrogen) atoms. The zero-order valence-electron chi connectivity index (χ0n) is 14.0. The third-order valence-electron chi connectivity index (χ3n) is 3.63. The van der Waals surface area contributed by atoms with Crippen molar-refractivity contribution in [3.8, 4) is 5.75 Å². The van der Waals surface area contributed by atoms with Crippen molar-refractivity contribution in [2.45, 2.75) is 27.0 Å². The number of anilines is 1. The fourth-order valence-corrected chi connectivity index (χ4v) is 3.34. The summed E-state index contributed by atoms with van der Waals surface area (Å²) in [5.74, 6) is 1.02. The molecule has 1 amide bonds. The summed E-state index contributed by atoms with van der Waals surface area (Å²) in [6.45, 7) is 5.10. The molecule has 1 N–H and O–H groups in total. The lowest BCUT2D eigenvalue weighted by molar-refractivity contribution is 0.103. The van der Waals surface area contributed by atoms with E-state index in [1.165, 1.54) is 11.3 Å². The highest BCUT2D eigenvalue weighted by molar-refractivity contribution is 7.12. The lowest BCUT2D eigenvalue weighted by Crippen LogP contribution is -2.11. The van der Waals surface area contributed by atoms with Crippen molar-refractivity contribution in [3.05, 3.63) is 62.9 Å². The van der Waals surface area contributed by atoms with Gasteiger partial charge in [0.05, 0.1) is 9.90 Å². The maximum atomic E-state index is 12.4. The lowest BCUT2D eigenvalue weighted by Gasteiger charge is -2.06. The van der Waals surface area contributed by atoms with E-state index in [1.54, 1.807) is 6.07 Å². The quantitative estimate of drug-likeness (QED) is 0.675. The van der Waals surface area contributed by atoms with Crippen molar-refractivity contribution < 1.29 is 9.53 Å². The average molecular weight is 376 g/mol. The highest BCUT2D eigenvalue weighted by atomic mass is 35.5. The Morgan fingerprint density at radius 3 is 2.88 bits per heavy atom. The van der Waals surface area contributed by atoms with E-state index in [4.69, 9.17) is 16.3 Å². The molecule has 0 saturated heterocycles. The van der Waals surface area contributed by atoms with E-state index in [9.17, 15) is 4.79 Å². The number of rotatable bonds is 6. The van der Waals surface area contributed by atoms with E-state index in [0.29, 0.717) is 28.1 Å². The third kappa shape index (κ3) is 4.21. The summed E-state index contributed by atoms with van der Waals surface area (Å²) >= 11 is 7.44. The first-order valence-electron chi connectivity index (χ1n) is 7.87. The Hall–Kier alpha value is -2.31. The molecule has 1 aromatic carbocycles. The van der Waals surface area contributed by atoms with Gasteiger partial charge in [-0.2, -0.15) is 5.10 Å². The number of aromatic nitrogens is 2. The maximum absolute atomic E-state index is 12.4. The molecule has 0 spiro atoms. The number of thiophene rings is 1. The van der Waals surface area contributed by atoms with E-state index >= 15 is 0 Å². The Bertz CT molecular complexity index is 888. The minimum atomic E-state index is -0.172. The minimum absolute atomic E-state index is 0.172. The van der Waals surface area contributed by atoms with Gasteiger partial charge in [-0.25, -0.2) is 0 Å². The fourth-order valence-electron chi connectivity index (χ4n) is 2.36. The van der Waals surface area contributed by atoms with Crippen LogP contribution >= 0.6 is 22.9 Å². The van der Waals surface area contributed by atoms with Crippen LogP contribution in [0.5, 0.6) is 5.75 Å². The predicted octanol–water partition coefficient (Wildman–Crippen LogP) is 4.76. The first kappa shape index (κ1) is 17.5. The Morgan fingerprint density at radius 2 is 2.16 bits per heavy atom. The van der Waals surface area contributed by atoms with Crippen LogP contribution in [-0.4, -0.2) is 15.7 Å². The van der Waals surface area contributed by atoms with Gasteiger partial charge in [-0.3, -0.25) is 9.48 Å². The van der Waals surface area contributed by atoms with Crippen molar-refractivity contribution >= 4 is 34.7 Å². The first-order valence-corrected chi connectivity index (χ1v) is 9.13. The topological polar surface area (TPSA) is 56.2 Å². The fraction of sp³-hybridized carbons (Fsp3) is 0.222. The summed E-state index contributed by atoms with van der Waals surface area (Å²) in [5, 5.41) is 9.64. The average Bonchev–Trinajstić information content (AvgIpc) is 3.20. The smallest absolute Gasteiger partial charge is 0.266 e. The van der Waals surface area contributed by atoms with E-state index < -0.39 is 0 Å². The molecule has 0 radical (unpaired) electrons. The summed E-state index contributed by atoms with van der Waals surface area (Å²) in [6.07, 6.45) is 0. The molecule has 0 aliphatic rings. The van der Waals surface area contributed by atoms with Gasteiger partial charge >= 0.3 is 0 Å². The first-order chi connectivity index (χ1) is 12.1. The van der Waals surface area contributed by atoms with Crippen LogP contribution in [0.2, 0.25) is 5.02 Å². The number of amides is 1. The Balaban J connectivity index is 1.62. The molecule has 130 valence electrons. The second-order valence-corrected chi connectivity index (χ2v) is 6.80. The van der Waals surface area contributed by atoms with Gasteiger partial charge in [0.1, 0.15) is 12.4 Å². The van der Waals surface area contributed by atoms with Gasteiger partial charge in [0, 0.05) is 23.9 Å². The summed E-state index contributed by atoms with van der Waals surface area (Å²) in [7, 11) is 0. The number of benzene rings is 1. The zero-order chi connectivity index (χ0) is 17.8. The van der Waals surface area contributed by atoms with Gasteiger partial charge in [0.25, 0.3) is 5.91 Å². The summed E-state index contributed by atoms with van der Waals surface area (Å²) in [5.41, 5.74) is 1.93. The number of ether oxygens (including phenoxy) is 1. The third-order valence-corrected chi connectivity index (χ3v) is 4.92. The van der Waals surface area contributed by atoms with Crippen molar-refractivity contribution in [2.75, 3.05) is 5.32 Å². The zero-order valence-corrected chi connectivity index (χ0v) is 15.5. The second kappa shape index (κ2) is 7.72. The summed E-state index contributed by atoms with van der Waals surface area (Å²) in [4.78, 5) is 13.0. The molecule has 0 bridgehead atoms. The van der Waals surface area contributed by atoms with Crippen LogP contribution in [0.25, 0.3) is 0 Å². The Morgan fingerprint density at radius 1 is 1.36 bits per heavy atom. The monoisotopic (exact) mass is 375 g/mol. The van der Waals surface area contributed by atoms with Crippen LogP contribution in [0.1, 0.15) is 27.9 Å². The van der Waals surface area contributed by atoms with E-state index in [0.717, 1.165) is 17.8 Å². The molecule has 3 rings (SSSR count). The Kier molecular flexibility index (Phi) is 5.40. The largest absolute Gasteiger partial charge is 0.487 e. The molecular formula is C18H18ClN3O2S. The van der Waals surface area contributed by atoms with Crippen LogP contribution in [0.4, 0.5) is 5.82 Å². The number of nitrogens with zero attached hydrogens (tertiary/aromatic N) is 2. The van der Waals surface area contributed by atoms with E-state index in [-0.39, 0.29) is 5.91 Å². The SMILES string of the molecule is CCn1nc(NC(=O)c2cc(COc3ccccc3Cl)cs2)cc1C. The van der Waals surface area contributed by atoms with Crippen LogP contribution in [0.3, 0.4) is 0 Å². The van der Waals surface area contributed by atoms with Crippen LogP contribution in [0.15, 0.2) is 41.8 Å². The maximum Gasteiger partial charge on any atom is 0.266 e. The van der Waals surface area contributed by atoms with Gasteiger partial charge in [0.2, 0.25) is 0 Å². The summed E-state index contributed by atoms with van der Waals surface area (Å²) in [6, 6.07) is 11.0. The van der Waals surface area contributed by atoms with Crippen LogP contribution in [-0.2, 0) is 13.2 Å². The molecule has 0 aliphatic heterocycles. The predicted molar refractivity (Wildman–Crippen MR) is 101 cm³/mol. The van der Waals surface area contributed by atoms with Gasteiger partial charge < -0.3 is 10.1 Å². The molecule has 7 heteroatoms. The Labute approximate surface area is 155 Å². The van der Waals surface area contributed by atoms with Crippen molar-refractivity contribution in [2.24, 2.45) is 0 Å². The molecule has 2 heterocycles. The van der Waals surface area contributed by atoms with Crippen molar-refractivity contribution in [1.29, 1.82) is 0 Å². The molecule has 0 saturated carbocycles. The second-order valence-electron chi connectivity index (χ2n) is 5.48. The molecule has 3 aromatic rings. The van der Waals surface area contributed by atoms with E-state index in [2.05, 4.69) is 10.4 Å². The molecule has 0 fully saturated rings. The molecule has 2 aromatic heterocycles. The minimum Gasteiger partial charge on any atom is -0.487 e. The highest BCUT2D eigenvalue weighted by Gasteiger charge is 2.12. The van der Waals surface area contributed by atoms with Crippen LogP contribution < -0.4 is 10.1 Å². The van der Waals surface area contributed by atoms with Crippen molar-refractivity contribution in [1.82, 2.24) is 9.78 Å². The normalized spacial score (nSPS) is 10.7. The van der Waals surface area contributed by atoms with Crippen molar-refractivity contribution in [3.63, 3.8) is 0 Å². The van der Waals surface area contributed by atoms with Gasteiger partial charge in [-0.1, -0.05) is 23.7 Å². The molecule has 0 atom stereocenters. The molecule has 0 unspecified atom stereocenters. The van der Waals surface area contributed by atoms with Gasteiger partial charge in [-0.15, -0.1) is 11.3 Å². The number of hydrogen-bond donors (Lipinski definition) is 1. The molecular weight excluding hydrogens is 358 g/mol. The summed E-state index contributed by atoms with van der Waals surface area (Å²) < 4.78 is 7.54. The van der Waals surface area contributed by atoms with Gasteiger partial charge in [0.15, 0.2) is 5.82 Å². The number of carbonyl (C=O) groups is 1. The van der Waals surface area contributed by atoms with Crippen LogP contribution in [0, 0.1) is 6.92 Å². The molecule has 0 aliphatic carbocycles. The number of carbonyl (C=O) groups excluding carboxylic acids is 1. The number of aryl methyl sites for hydroxylation is 2. The van der Waals surface area contributed by atoms with Gasteiger partial charge in [-0.05, 0) is 37.4 Å². The number of nitrogens with one attached hydrogen (secondary N) is 1. The highest BCUT2D eigenvalue weighted by Crippen LogP contribution is 2.25. The standard InChI is InChI=1S/C18H18ClN3O2S/c1-3-22-12(2)8-17(21-22)20-18(23)16-9-13(11-25-16)10-24-15-7-5-4-6-14(15)19/h4-9,11H,3,10H2,1-2H3,(H,20,21,23). The number of hydrogen-bond acceptors (Lipinski definition) is 4. The lowest BCUT2D eigenvalue weighted by atomic mass is 10.3. The van der Waals surface area contributed by atoms with E-state index in [1.807, 2.05) is 54.2 Å². The number of halogens is 1.